The minimum atomic E-state index is -0.110. The molecule has 4 nitrogen and oxygen atoms in total. The van der Waals surface area contributed by atoms with E-state index in [1.54, 1.807) is 11.0 Å². The van der Waals surface area contributed by atoms with Crippen LogP contribution in [-0.2, 0) is 0 Å². The number of nitrogens with two attached hydrogens (primary N) is 1. The number of amides is 1. The van der Waals surface area contributed by atoms with E-state index in [2.05, 4.69) is 0 Å². The summed E-state index contributed by atoms with van der Waals surface area (Å²) in [5, 5.41) is 0. The Morgan fingerprint density at radius 1 is 1.62 bits per heavy atom. The Kier molecular flexibility index (Phi) is 4.49. The molecular weight excluding hydrogens is 224 g/mol. The molecule has 0 aliphatic carbocycles. The molecule has 88 valence electrons. The van der Waals surface area contributed by atoms with Gasteiger partial charge in [-0.25, -0.2) is 0 Å². The Hall–Kier alpha value is -1.36. The summed E-state index contributed by atoms with van der Waals surface area (Å²) < 4.78 is 5.16. The van der Waals surface area contributed by atoms with E-state index in [1.807, 2.05) is 13.8 Å². The fraction of sp³-hybridized carbons (Fsp3) is 0.455. The van der Waals surface area contributed by atoms with Crippen LogP contribution in [0.5, 0.6) is 0 Å². The molecule has 2 N–H and O–H groups in total. The number of aryl methyl sites for hydroxylation is 1. The second-order valence-corrected chi connectivity index (χ2v) is 4.06. The third-order valence-corrected chi connectivity index (χ3v) is 2.56. The first-order valence-electron chi connectivity index (χ1n) is 5.18. The van der Waals surface area contributed by atoms with Crippen LogP contribution in [0.1, 0.15) is 29.5 Å². The van der Waals surface area contributed by atoms with Crippen molar-refractivity contribution in [1.29, 1.82) is 0 Å². The third kappa shape index (κ3) is 3.06. The second-order valence-electron chi connectivity index (χ2n) is 3.53. The van der Waals surface area contributed by atoms with Crippen LogP contribution in [0.25, 0.3) is 0 Å². The zero-order valence-electron chi connectivity index (χ0n) is 9.53. The van der Waals surface area contributed by atoms with E-state index in [1.165, 1.54) is 6.26 Å². The number of carbonyl (C=O) groups is 1. The first-order valence-corrected chi connectivity index (χ1v) is 5.58. The van der Waals surface area contributed by atoms with Gasteiger partial charge in [-0.3, -0.25) is 4.79 Å². The van der Waals surface area contributed by atoms with Crippen LogP contribution >= 0.6 is 12.2 Å². The molecule has 0 saturated heterocycles. The highest BCUT2D eigenvalue weighted by atomic mass is 32.1. The first-order chi connectivity index (χ1) is 7.56. The lowest BCUT2D eigenvalue weighted by atomic mass is 10.2. The molecule has 0 spiro atoms. The fourth-order valence-corrected chi connectivity index (χ4v) is 1.48. The van der Waals surface area contributed by atoms with Crippen LogP contribution in [-0.4, -0.2) is 28.9 Å². The largest absolute Gasteiger partial charge is 0.459 e. The van der Waals surface area contributed by atoms with Gasteiger partial charge in [0.2, 0.25) is 0 Å². The molecule has 0 bridgehead atoms. The molecule has 0 radical (unpaired) electrons. The molecule has 0 fully saturated rings. The molecule has 0 aliphatic heterocycles. The number of hydrogen-bond acceptors (Lipinski definition) is 3. The van der Waals surface area contributed by atoms with Crippen molar-refractivity contribution in [3.05, 3.63) is 23.7 Å². The molecule has 1 rings (SSSR count). The third-order valence-electron chi connectivity index (χ3n) is 2.35. The average molecular weight is 240 g/mol. The zero-order valence-corrected chi connectivity index (χ0v) is 10.3. The van der Waals surface area contributed by atoms with Crippen LogP contribution in [0.2, 0.25) is 0 Å². The van der Waals surface area contributed by atoms with E-state index < -0.39 is 0 Å². The van der Waals surface area contributed by atoms with E-state index in [0.29, 0.717) is 30.3 Å². The average Bonchev–Trinajstić information content (AvgIpc) is 2.64. The van der Waals surface area contributed by atoms with Crippen LogP contribution in [0, 0.1) is 6.92 Å². The number of furan rings is 1. The van der Waals surface area contributed by atoms with E-state index >= 15 is 0 Å². The number of carbonyl (C=O) groups excluding carboxylic acids is 1. The zero-order chi connectivity index (χ0) is 12.1. The predicted molar refractivity (Wildman–Crippen MR) is 66.4 cm³/mol. The van der Waals surface area contributed by atoms with Gasteiger partial charge >= 0.3 is 0 Å². The van der Waals surface area contributed by atoms with Crippen LogP contribution in [0.3, 0.4) is 0 Å². The minimum absolute atomic E-state index is 0.110. The van der Waals surface area contributed by atoms with Crippen molar-refractivity contribution in [2.75, 3.05) is 13.1 Å². The number of hydrogen-bond donors (Lipinski definition) is 1. The maximum atomic E-state index is 12.0. The molecule has 0 atom stereocenters. The lowest BCUT2D eigenvalue weighted by Gasteiger charge is -2.19. The highest BCUT2D eigenvalue weighted by Gasteiger charge is 2.18. The maximum Gasteiger partial charge on any atom is 0.289 e. The summed E-state index contributed by atoms with van der Waals surface area (Å²) in [7, 11) is 0. The van der Waals surface area contributed by atoms with Gasteiger partial charge < -0.3 is 15.1 Å². The lowest BCUT2D eigenvalue weighted by molar-refractivity contribution is 0.0736. The van der Waals surface area contributed by atoms with Gasteiger partial charge in [0.05, 0.1) is 11.3 Å². The predicted octanol–water partition coefficient (Wildman–Crippen LogP) is 1.73. The molecule has 0 saturated carbocycles. The lowest BCUT2D eigenvalue weighted by Crippen LogP contribution is -2.33. The summed E-state index contributed by atoms with van der Waals surface area (Å²) in [6.45, 7) is 4.90. The minimum Gasteiger partial charge on any atom is -0.459 e. The Morgan fingerprint density at radius 3 is 2.75 bits per heavy atom. The van der Waals surface area contributed by atoms with Gasteiger partial charge in [-0.15, -0.1) is 0 Å². The molecule has 1 amide bonds. The summed E-state index contributed by atoms with van der Waals surface area (Å²) in [5.74, 6) is 0.283. The van der Waals surface area contributed by atoms with Crippen molar-refractivity contribution in [1.82, 2.24) is 4.90 Å². The Bertz CT molecular complexity index is 387. The fourth-order valence-electron chi connectivity index (χ4n) is 1.38. The van der Waals surface area contributed by atoms with Crippen molar-refractivity contribution < 1.29 is 9.21 Å². The van der Waals surface area contributed by atoms with Crippen LogP contribution in [0.15, 0.2) is 16.7 Å². The summed E-state index contributed by atoms with van der Waals surface area (Å²) in [6.07, 6.45) is 2.05. The van der Waals surface area contributed by atoms with Crippen molar-refractivity contribution in [2.45, 2.75) is 20.3 Å². The van der Waals surface area contributed by atoms with Gasteiger partial charge in [0.25, 0.3) is 5.91 Å². The second kappa shape index (κ2) is 5.65. The maximum absolute atomic E-state index is 12.0. The van der Waals surface area contributed by atoms with Gasteiger partial charge in [0.15, 0.2) is 5.76 Å². The molecule has 1 aromatic heterocycles. The summed E-state index contributed by atoms with van der Waals surface area (Å²) in [6, 6.07) is 1.77. The molecule has 1 aromatic rings. The Labute approximate surface area is 100 Å². The summed E-state index contributed by atoms with van der Waals surface area (Å²) >= 11 is 4.79. The Balaban J connectivity index is 2.70. The topological polar surface area (TPSA) is 59.5 Å². The number of thiocarbonyl (C=S) groups is 1. The quantitative estimate of drug-likeness (QED) is 0.796. The molecule has 0 aliphatic rings. The van der Waals surface area contributed by atoms with Gasteiger partial charge in [-0.05, 0) is 19.9 Å². The van der Waals surface area contributed by atoms with E-state index in [9.17, 15) is 4.79 Å². The van der Waals surface area contributed by atoms with E-state index in [-0.39, 0.29) is 5.91 Å². The highest BCUT2D eigenvalue weighted by Crippen LogP contribution is 2.12. The van der Waals surface area contributed by atoms with Crippen LogP contribution < -0.4 is 5.73 Å². The molecule has 16 heavy (non-hydrogen) atoms. The molecule has 0 aromatic carbocycles. The van der Waals surface area contributed by atoms with Gasteiger partial charge in [-0.1, -0.05) is 12.2 Å². The van der Waals surface area contributed by atoms with Gasteiger partial charge in [-0.2, -0.15) is 0 Å². The summed E-state index contributed by atoms with van der Waals surface area (Å²) in [5.41, 5.74) is 6.26. The van der Waals surface area contributed by atoms with Crippen molar-refractivity contribution in [3.8, 4) is 0 Å². The molecule has 5 heteroatoms. The van der Waals surface area contributed by atoms with Crippen molar-refractivity contribution >= 4 is 23.1 Å². The first kappa shape index (κ1) is 12.7. The summed E-state index contributed by atoms with van der Waals surface area (Å²) in [4.78, 5) is 14.1. The van der Waals surface area contributed by atoms with Crippen LogP contribution in [0.4, 0.5) is 0 Å². The highest BCUT2D eigenvalue weighted by molar-refractivity contribution is 7.80. The smallest absolute Gasteiger partial charge is 0.289 e. The van der Waals surface area contributed by atoms with Gasteiger partial charge in [0, 0.05) is 25.1 Å². The van der Waals surface area contributed by atoms with Crippen molar-refractivity contribution in [3.63, 3.8) is 0 Å². The monoisotopic (exact) mass is 240 g/mol. The normalized spacial score (nSPS) is 10.1. The SMILES string of the molecule is CCN(CCC(N)=S)C(=O)c1occc1C. The molecule has 1 heterocycles. The van der Waals surface area contributed by atoms with E-state index in [0.717, 1.165) is 5.56 Å². The molecule has 0 unspecified atom stereocenters. The number of rotatable bonds is 5. The number of nitrogens with zero attached hydrogens (tertiary/aromatic N) is 1. The van der Waals surface area contributed by atoms with Crippen molar-refractivity contribution in [2.24, 2.45) is 5.73 Å². The molecular formula is C11H16N2O2S. The Morgan fingerprint density at radius 2 is 2.31 bits per heavy atom. The van der Waals surface area contributed by atoms with Gasteiger partial charge in [0.1, 0.15) is 0 Å². The van der Waals surface area contributed by atoms with E-state index in [4.69, 9.17) is 22.4 Å². The standard InChI is InChI=1S/C11H16N2O2S/c1-3-13(6-4-9(12)16)11(14)10-8(2)5-7-15-10/h5,7H,3-4,6H2,1-2H3,(H2,12,16).